The van der Waals surface area contributed by atoms with Crippen molar-refractivity contribution in [3.63, 3.8) is 0 Å². The minimum atomic E-state index is -0.110. The van der Waals surface area contributed by atoms with Crippen molar-refractivity contribution in [2.24, 2.45) is 10.7 Å². The standard InChI is InChI=1S/C22H23N7O/c23-20(24)19(18-3-1-2-8-26-18)21-27-13-17(14-28-21)15-4-6-16(7-5-15)22(30)29-11-9-25-10-12-29/h1-8,13-14,25,27H,9-12H2,(H3,23,24)/b21-19+. The number of rotatable bonds is 4. The molecule has 8 heteroatoms. The number of allylic oxidation sites excluding steroid dienone is 1. The molecule has 0 bridgehead atoms. The molecule has 0 aliphatic carbocycles. The van der Waals surface area contributed by atoms with Gasteiger partial charge >= 0.3 is 0 Å². The van der Waals surface area contributed by atoms with Crippen molar-refractivity contribution < 1.29 is 4.79 Å². The van der Waals surface area contributed by atoms with E-state index in [2.05, 4.69) is 20.6 Å². The first-order chi connectivity index (χ1) is 14.6. The third-order valence-corrected chi connectivity index (χ3v) is 4.99. The highest BCUT2D eigenvalue weighted by Gasteiger charge is 2.18. The van der Waals surface area contributed by atoms with E-state index in [1.165, 1.54) is 0 Å². The number of piperazine rings is 1. The fraction of sp³-hybridized carbons (Fsp3) is 0.182. The molecule has 2 aliphatic heterocycles. The highest BCUT2D eigenvalue weighted by atomic mass is 16.2. The number of carbonyl (C=O) groups excluding carboxylic acids is 1. The highest BCUT2D eigenvalue weighted by Crippen LogP contribution is 2.21. The average molecular weight is 401 g/mol. The Hall–Kier alpha value is -3.78. The summed E-state index contributed by atoms with van der Waals surface area (Å²) in [5.41, 5.74) is 9.26. The highest BCUT2D eigenvalue weighted by molar-refractivity contribution is 6.21. The number of amides is 1. The van der Waals surface area contributed by atoms with Gasteiger partial charge in [0.2, 0.25) is 0 Å². The van der Waals surface area contributed by atoms with Gasteiger partial charge in [-0.15, -0.1) is 0 Å². The van der Waals surface area contributed by atoms with E-state index in [4.69, 9.17) is 11.1 Å². The molecule has 0 radical (unpaired) electrons. The second kappa shape index (κ2) is 8.71. The van der Waals surface area contributed by atoms with Crippen molar-refractivity contribution in [3.8, 4) is 0 Å². The number of aliphatic imine (C=N–C) groups is 1. The molecule has 0 spiro atoms. The first-order valence-electron chi connectivity index (χ1n) is 9.75. The van der Waals surface area contributed by atoms with Gasteiger partial charge in [0.05, 0.1) is 11.3 Å². The fourth-order valence-electron chi connectivity index (χ4n) is 3.40. The van der Waals surface area contributed by atoms with Crippen LogP contribution in [0.15, 0.2) is 65.7 Å². The predicted molar refractivity (Wildman–Crippen MR) is 118 cm³/mol. The molecule has 5 N–H and O–H groups in total. The van der Waals surface area contributed by atoms with Crippen LogP contribution in [-0.4, -0.2) is 54.0 Å². The Morgan fingerprint density at radius 2 is 1.87 bits per heavy atom. The van der Waals surface area contributed by atoms with Gasteiger partial charge in [0.1, 0.15) is 11.7 Å². The molecule has 1 fully saturated rings. The van der Waals surface area contributed by atoms with Gasteiger partial charge in [-0.2, -0.15) is 0 Å². The van der Waals surface area contributed by atoms with Crippen molar-refractivity contribution in [2.45, 2.75) is 0 Å². The van der Waals surface area contributed by atoms with E-state index in [1.807, 2.05) is 35.2 Å². The van der Waals surface area contributed by atoms with Crippen LogP contribution >= 0.6 is 0 Å². The molecular weight excluding hydrogens is 378 g/mol. The zero-order chi connectivity index (χ0) is 20.9. The van der Waals surface area contributed by atoms with E-state index >= 15 is 0 Å². The van der Waals surface area contributed by atoms with Crippen LogP contribution in [-0.2, 0) is 0 Å². The third kappa shape index (κ3) is 4.13. The van der Waals surface area contributed by atoms with E-state index < -0.39 is 0 Å². The monoisotopic (exact) mass is 401 g/mol. The molecule has 1 aromatic carbocycles. The van der Waals surface area contributed by atoms with E-state index in [9.17, 15) is 4.79 Å². The average Bonchev–Trinajstić information content (AvgIpc) is 2.80. The van der Waals surface area contributed by atoms with Crippen molar-refractivity contribution in [1.82, 2.24) is 20.5 Å². The summed E-state index contributed by atoms with van der Waals surface area (Å²) in [6.07, 6.45) is 5.17. The SMILES string of the molecule is N=C(N)/C(=C1/N=CC(c2ccc(C(=O)N3CCNCC3)cc2)=CN1)c1ccccn1. The largest absolute Gasteiger partial charge is 0.384 e. The Balaban J connectivity index is 1.51. The Morgan fingerprint density at radius 1 is 1.10 bits per heavy atom. The minimum absolute atomic E-state index is 0.0548. The van der Waals surface area contributed by atoms with Gasteiger partial charge in [-0.3, -0.25) is 15.2 Å². The maximum absolute atomic E-state index is 12.6. The maximum atomic E-state index is 12.6. The van der Waals surface area contributed by atoms with Gasteiger partial charge in [0.25, 0.3) is 5.91 Å². The molecular formula is C22H23N7O. The van der Waals surface area contributed by atoms with Crippen LogP contribution in [0.4, 0.5) is 0 Å². The smallest absolute Gasteiger partial charge is 0.253 e. The molecule has 2 aliphatic rings. The molecule has 0 atom stereocenters. The van der Waals surface area contributed by atoms with Crippen molar-refractivity contribution in [2.75, 3.05) is 26.2 Å². The summed E-state index contributed by atoms with van der Waals surface area (Å²) >= 11 is 0. The number of nitrogens with zero attached hydrogens (tertiary/aromatic N) is 3. The lowest BCUT2D eigenvalue weighted by molar-refractivity contribution is 0.0736. The Labute approximate surface area is 174 Å². The van der Waals surface area contributed by atoms with E-state index in [0.717, 1.165) is 37.3 Å². The number of amidine groups is 1. The van der Waals surface area contributed by atoms with Crippen LogP contribution in [0.3, 0.4) is 0 Å². The lowest BCUT2D eigenvalue weighted by atomic mass is 10.0. The zero-order valence-corrected chi connectivity index (χ0v) is 16.4. The topological polar surface area (TPSA) is 119 Å². The van der Waals surface area contributed by atoms with E-state index in [-0.39, 0.29) is 11.7 Å². The molecule has 1 aromatic heterocycles. The van der Waals surface area contributed by atoms with Gasteiger partial charge in [-0.25, -0.2) is 4.99 Å². The van der Waals surface area contributed by atoms with Crippen molar-refractivity contribution in [1.29, 1.82) is 5.41 Å². The van der Waals surface area contributed by atoms with Crippen LogP contribution in [0.25, 0.3) is 11.1 Å². The number of hydrogen-bond acceptors (Lipinski definition) is 6. The molecule has 1 amide bonds. The quantitative estimate of drug-likeness (QED) is 0.457. The summed E-state index contributed by atoms with van der Waals surface area (Å²) in [5, 5.41) is 14.3. The van der Waals surface area contributed by atoms with Crippen molar-refractivity contribution >= 4 is 29.1 Å². The number of aromatic nitrogens is 1. The normalized spacial score (nSPS) is 17.7. The van der Waals surface area contributed by atoms with Crippen LogP contribution < -0.4 is 16.4 Å². The van der Waals surface area contributed by atoms with Crippen LogP contribution in [0.2, 0.25) is 0 Å². The van der Waals surface area contributed by atoms with Gasteiger partial charge in [-0.1, -0.05) is 18.2 Å². The Kier molecular flexibility index (Phi) is 5.67. The number of benzene rings is 1. The molecule has 0 unspecified atom stereocenters. The van der Waals surface area contributed by atoms with Gasteiger partial charge in [0, 0.05) is 55.9 Å². The summed E-state index contributed by atoms with van der Waals surface area (Å²) in [6.45, 7) is 3.11. The second-order valence-corrected chi connectivity index (χ2v) is 6.97. The van der Waals surface area contributed by atoms with E-state index in [1.54, 1.807) is 30.7 Å². The second-order valence-electron chi connectivity index (χ2n) is 6.97. The lowest BCUT2D eigenvalue weighted by Crippen LogP contribution is -2.46. The lowest BCUT2D eigenvalue weighted by Gasteiger charge is -2.27. The molecule has 1 saturated heterocycles. The van der Waals surface area contributed by atoms with Crippen LogP contribution in [0.5, 0.6) is 0 Å². The molecule has 2 aromatic rings. The Morgan fingerprint density at radius 3 is 2.47 bits per heavy atom. The molecule has 0 saturated carbocycles. The maximum Gasteiger partial charge on any atom is 0.253 e. The molecule has 3 heterocycles. The summed E-state index contributed by atoms with van der Waals surface area (Å²) < 4.78 is 0. The summed E-state index contributed by atoms with van der Waals surface area (Å²) in [6, 6.07) is 12.9. The van der Waals surface area contributed by atoms with Gasteiger partial charge in [-0.05, 0) is 29.8 Å². The first kappa shape index (κ1) is 19.5. The molecule has 8 nitrogen and oxygen atoms in total. The Bertz CT molecular complexity index is 1030. The number of carbonyl (C=O) groups is 1. The third-order valence-electron chi connectivity index (χ3n) is 4.99. The van der Waals surface area contributed by atoms with E-state index in [0.29, 0.717) is 22.7 Å². The zero-order valence-electron chi connectivity index (χ0n) is 16.4. The first-order valence-corrected chi connectivity index (χ1v) is 9.75. The number of hydrogen-bond donors (Lipinski definition) is 4. The van der Waals surface area contributed by atoms with Crippen LogP contribution in [0.1, 0.15) is 21.6 Å². The fourth-order valence-corrected chi connectivity index (χ4v) is 3.40. The minimum Gasteiger partial charge on any atom is -0.384 e. The number of nitrogens with one attached hydrogen (secondary N) is 3. The predicted octanol–water partition coefficient (Wildman–Crippen LogP) is 1.45. The van der Waals surface area contributed by atoms with Crippen LogP contribution in [0, 0.1) is 5.41 Å². The van der Waals surface area contributed by atoms with Crippen molar-refractivity contribution in [3.05, 3.63) is 77.5 Å². The molecule has 4 rings (SSSR count). The van der Waals surface area contributed by atoms with Gasteiger partial charge < -0.3 is 21.3 Å². The number of nitrogens with two attached hydrogens (primary N) is 1. The summed E-state index contributed by atoms with van der Waals surface area (Å²) in [4.78, 5) is 23.2. The summed E-state index contributed by atoms with van der Waals surface area (Å²) in [7, 11) is 0. The summed E-state index contributed by atoms with van der Waals surface area (Å²) in [5.74, 6) is 0.413. The molecule has 152 valence electrons. The molecule has 30 heavy (non-hydrogen) atoms. The number of pyridine rings is 1. The van der Waals surface area contributed by atoms with Gasteiger partial charge in [0.15, 0.2) is 0 Å².